The van der Waals surface area contributed by atoms with Gasteiger partial charge in [-0.05, 0) is 49.2 Å². The van der Waals surface area contributed by atoms with E-state index in [1.807, 2.05) is 43.3 Å². The molecule has 3 rings (SSSR count). The Morgan fingerprint density at radius 2 is 1.96 bits per heavy atom. The number of hydrogen-bond acceptors (Lipinski definition) is 4. The zero-order chi connectivity index (χ0) is 19.4. The fourth-order valence-electron chi connectivity index (χ4n) is 3.13. The summed E-state index contributed by atoms with van der Waals surface area (Å²) in [5, 5.41) is 3.73. The molecule has 5 heteroatoms. The highest BCUT2D eigenvalue weighted by Crippen LogP contribution is 2.33. The van der Waals surface area contributed by atoms with Crippen molar-refractivity contribution >= 4 is 16.8 Å². The summed E-state index contributed by atoms with van der Waals surface area (Å²) in [6, 6.07) is 13.8. The maximum Gasteiger partial charge on any atom is 0.224 e. The summed E-state index contributed by atoms with van der Waals surface area (Å²) in [6.07, 6.45) is 0.302. The van der Waals surface area contributed by atoms with Gasteiger partial charge in [-0.2, -0.15) is 0 Å². The number of hydrogen-bond donors (Lipinski definition) is 1. The lowest BCUT2D eigenvalue weighted by Crippen LogP contribution is -2.20. The highest BCUT2D eigenvalue weighted by Gasteiger charge is 2.13. The van der Waals surface area contributed by atoms with Crippen LogP contribution in [0.1, 0.15) is 18.1 Å². The first kappa shape index (κ1) is 18.7. The Kier molecular flexibility index (Phi) is 5.60. The van der Waals surface area contributed by atoms with Crippen molar-refractivity contribution < 1.29 is 14.3 Å². The van der Waals surface area contributed by atoms with Gasteiger partial charge in [0.1, 0.15) is 0 Å². The minimum absolute atomic E-state index is 0.0323. The first-order valence-corrected chi connectivity index (χ1v) is 8.98. The van der Waals surface area contributed by atoms with Crippen molar-refractivity contribution in [2.75, 3.05) is 20.8 Å². The highest BCUT2D eigenvalue weighted by atomic mass is 16.5. The molecule has 140 valence electrons. The lowest BCUT2D eigenvalue weighted by Gasteiger charge is -2.13. The molecule has 0 atom stereocenters. The predicted molar refractivity (Wildman–Crippen MR) is 107 cm³/mol. The number of methoxy groups -OCH3 is 1. The smallest absolute Gasteiger partial charge is 0.224 e. The number of ether oxygens (including phenoxy) is 2. The third-order valence-electron chi connectivity index (χ3n) is 4.52. The SMILES string of the molecule is CCOc1ccc(-c2cc(C)c3cccc(CC(=O)NC)c3n2)cc1OC. The number of amides is 1. The summed E-state index contributed by atoms with van der Waals surface area (Å²) in [5.74, 6) is 1.35. The average molecular weight is 364 g/mol. The standard InChI is InChI=1S/C22H24N2O3/c1-5-27-19-10-9-15(12-20(19)26-4)18-11-14(2)17-8-6-7-16(22(17)24-18)13-21(25)23-3/h6-12H,5,13H2,1-4H3,(H,23,25). The third-order valence-corrected chi connectivity index (χ3v) is 4.52. The Bertz CT molecular complexity index is 983. The van der Waals surface area contributed by atoms with Gasteiger partial charge in [0, 0.05) is 18.0 Å². The molecule has 2 aromatic carbocycles. The summed E-state index contributed by atoms with van der Waals surface area (Å²) in [7, 11) is 3.27. The van der Waals surface area contributed by atoms with Gasteiger partial charge in [0.2, 0.25) is 5.91 Å². The number of para-hydroxylation sites is 1. The number of aryl methyl sites for hydroxylation is 1. The molecule has 0 radical (unpaired) electrons. The van der Waals surface area contributed by atoms with Crippen LogP contribution in [0.3, 0.4) is 0 Å². The minimum Gasteiger partial charge on any atom is -0.493 e. The van der Waals surface area contributed by atoms with Crippen molar-refractivity contribution in [3.8, 4) is 22.8 Å². The normalized spacial score (nSPS) is 10.7. The third kappa shape index (κ3) is 3.87. The molecule has 1 heterocycles. The average Bonchev–Trinajstić information content (AvgIpc) is 2.68. The van der Waals surface area contributed by atoms with Gasteiger partial charge in [-0.15, -0.1) is 0 Å². The molecule has 5 nitrogen and oxygen atoms in total. The maximum atomic E-state index is 11.9. The van der Waals surface area contributed by atoms with E-state index in [9.17, 15) is 4.79 Å². The molecule has 0 aliphatic carbocycles. The molecule has 1 N–H and O–H groups in total. The molecular weight excluding hydrogens is 340 g/mol. The number of benzene rings is 2. The first-order valence-electron chi connectivity index (χ1n) is 8.98. The van der Waals surface area contributed by atoms with Gasteiger partial charge in [-0.3, -0.25) is 4.79 Å². The second-order valence-electron chi connectivity index (χ2n) is 6.29. The van der Waals surface area contributed by atoms with Crippen LogP contribution in [0.4, 0.5) is 0 Å². The number of fused-ring (bicyclic) bond motifs is 1. The number of aromatic nitrogens is 1. The molecule has 0 saturated carbocycles. The number of pyridine rings is 1. The van der Waals surface area contributed by atoms with Crippen LogP contribution in [0, 0.1) is 6.92 Å². The van der Waals surface area contributed by atoms with Crippen LogP contribution in [0.5, 0.6) is 11.5 Å². The molecule has 0 unspecified atom stereocenters. The van der Waals surface area contributed by atoms with Crippen molar-refractivity contribution in [2.45, 2.75) is 20.3 Å². The summed E-state index contributed by atoms with van der Waals surface area (Å²) >= 11 is 0. The van der Waals surface area contributed by atoms with Crippen molar-refractivity contribution in [1.29, 1.82) is 0 Å². The van der Waals surface area contributed by atoms with E-state index in [2.05, 4.69) is 18.3 Å². The van der Waals surface area contributed by atoms with E-state index in [0.717, 1.165) is 33.3 Å². The van der Waals surface area contributed by atoms with E-state index in [4.69, 9.17) is 14.5 Å². The lowest BCUT2D eigenvalue weighted by molar-refractivity contribution is -0.119. The molecule has 1 amide bonds. The van der Waals surface area contributed by atoms with E-state index in [0.29, 0.717) is 24.5 Å². The first-order chi connectivity index (χ1) is 13.1. The van der Waals surface area contributed by atoms with Crippen molar-refractivity contribution in [1.82, 2.24) is 10.3 Å². The van der Waals surface area contributed by atoms with Crippen molar-refractivity contribution in [3.63, 3.8) is 0 Å². The summed E-state index contributed by atoms with van der Waals surface area (Å²) in [6.45, 7) is 4.57. The quantitative estimate of drug-likeness (QED) is 0.720. The van der Waals surface area contributed by atoms with Gasteiger partial charge in [0.05, 0.1) is 31.3 Å². The second-order valence-corrected chi connectivity index (χ2v) is 6.29. The van der Waals surface area contributed by atoms with Crippen LogP contribution in [-0.2, 0) is 11.2 Å². The molecule has 0 spiro atoms. The molecule has 0 bridgehead atoms. The van der Waals surface area contributed by atoms with E-state index in [1.54, 1.807) is 14.2 Å². The molecule has 1 aromatic heterocycles. The van der Waals surface area contributed by atoms with E-state index in [1.165, 1.54) is 0 Å². The Labute approximate surface area is 159 Å². The summed E-state index contributed by atoms with van der Waals surface area (Å²) in [4.78, 5) is 16.7. The van der Waals surface area contributed by atoms with Crippen LogP contribution in [0.2, 0.25) is 0 Å². The topological polar surface area (TPSA) is 60.5 Å². The summed E-state index contributed by atoms with van der Waals surface area (Å²) in [5.41, 5.74) is 4.65. The highest BCUT2D eigenvalue weighted by molar-refractivity contribution is 5.91. The van der Waals surface area contributed by atoms with Gasteiger partial charge in [0.15, 0.2) is 11.5 Å². The zero-order valence-corrected chi connectivity index (χ0v) is 16.1. The van der Waals surface area contributed by atoms with Gasteiger partial charge in [-0.25, -0.2) is 4.98 Å². The van der Waals surface area contributed by atoms with E-state index >= 15 is 0 Å². The number of likely N-dealkylation sites (N-methyl/N-ethyl adjacent to an activating group) is 1. The van der Waals surface area contributed by atoms with Crippen LogP contribution in [0.25, 0.3) is 22.2 Å². The largest absolute Gasteiger partial charge is 0.493 e. The Morgan fingerprint density at radius 1 is 1.15 bits per heavy atom. The lowest BCUT2D eigenvalue weighted by atomic mass is 10.0. The van der Waals surface area contributed by atoms with E-state index in [-0.39, 0.29) is 5.91 Å². The number of rotatable bonds is 6. The zero-order valence-electron chi connectivity index (χ0n) is 16.1. The fourth-order valence-corrected chi connectivity index (χ4v) is 3.13. The van der Waals surface area contributed by atoms with Gasteiger partial charge < -0.3 is 14.8 Å². The maximum absolute atomic E-state index is 11.9. The fraction of sp³-hybridized carbons (Fsp3) is 0.273. The molecule has 0 saturated heterocycles. The van der Waals surface area contributed by atoms with Gasteiger partial charge in [-0.1, -0.05) is 18.2 Å². The second kappa shape index (κ2) is 8.08. The van der Waals surface area contributed by atoms with Crippen molar-refractivity contribution in [2.24, 2.45) is 0 Å². The Morgan fingerprint density at radius 3 is 2.67 bits per heavy atom. The molecular formula is C22H24N2O3. The van der Waals surface area contributed by atoms with Crippen molar-refractivity contribution in [3.05, 3.63) is 53.6 Å². The van der Waals surface area contributed by atoms with Crippen LogP contribution in [0.15, 0.2) is 42.5 Å². The summed E-state index contributed by atoms with van der Waals surface area (Å²) < 4.78 is 11.1. The Balaban J connectivity index is 2.12. The number of carbonyl (C=O) groups excluding carboxylic acids is 1. The van der Waals surface area contributed by atoms with Crippen LogP contribution >= 0.6 is 0 Å². The monoisotopic (exact) mass is 364 g/mol. The molecule has 3 aromatic rings. The van der Waals surface area contributed by atoms with Crippen LogP contribution < -0.4 is 14.8 Å². The molecule has 0 aliphatic heterocycles. The molecule has 27 heavy (non-hydrogen) atoms. The number of carbonyl (C=O) groups is 1. The van der Waals surface area contributed by atoms with Gasteiger partial charge in [0.25, 0.3) is 0 Å². The predicted octanol–water partition coefficient (Wildman–Crippen LogP) is 3.91. The van der Waals surface area contributed by atoms with Crippen LogP contribution in [-0.4, -0.2) is 31.7 Å². The minimum atomic E-state index is -0.0323. The van der Waals surface area contributed by atoms with E-state index < -0.39 is 0 Å². The van der Waals surface area contributed by atoms with Gasteiger partial charge >= 0.3 is 0 Å². The number of nitrogens with one attached hydrogen (secondary N) is 1. The molecule has 0 fully saturated rings. The number of nitrogens with zero attached hydrogens (tertiary/aromatic N) is 1. The molecule has 0 aliphatic rings. The Hall–Kier alpha value is -3.08.